The van der Waals surface area contributed by atoms with E-state index in [2.05, 4.69) is 22.2 Å². The molecule has 1 aromatic rings. The van der Waals surface area contributed by atoms with Crippen LogP contribution in [0.2, 0.25) is 5.02 Å². The Bertz CT molecular complexity index is 680. The van der Waals surface area contributed by atoms with Gasteiger partial charge in [-0.1, -0.05) is 11.6 Å². The van der Waals surface area contributed by atoms with Crippen LogP contribution in [0, 0.1) is 5.92 Å². The Kier molecular flexibility index (Phi) is 7.40. The van der Waals surface area contributed by atoms with Crippen molar-refractivity contribution in [2.24, 2.45) is 5.92 Å². The molecule has 2 heterocycles. The standard InChI is InChI=1S/C20H31ClN4O3/c1-24-5-3-14(4-6-24)12-25-7-8-28-15(13-25)11-23-20(26)16-9-17(21)18(22)10-19(16)27-2/h9-10,14-15H,3-8,11-13,22H2,1-2H3,(H,23,26). The van der Waals surface area contributed by atoms with Gasteiger partial charge in [-0.2, -0.15) is 0 Å². The maximum atomic E-state index is 12.6. The Labute approximate surface area is 172 Å². The minimum absolute atomic E-state index is 0.0146. The number of nitrogens with zero attached hydrogens (tertiary/aromatic N) is 2. The van der Waals surface area contributed by atoms with Crippen molar-refractivity contribution in [2.75, 3.05) is 65.8 Å². The molecule has 2 saturated heterocycles. The van der Waals surface area contributed by atoms with Crippen molar-refractivity contribution < 1.29 is 14.3 Å². The summed E-state index contributed by atoms with van der Waals surface area (Å²) in [6, 6.07) is 3.11. The number of nitrogens with two attached hydrogens (primary N) is 1. The number of nitrogen functional groups attached to an aromatic ring is 1. The Morgan fingerprint density at radius 1 is 1.36 bits per heavy atom. The number of anilines is 1. The highest BCUT2D eigenvalue weighted by Crippen LogP contribution is 2.28. The average Bonchev–Trinajstić information content (AvgIpc) is 2.70. The minimum Gasteiger partial charge on any atom is -0.496 e. The van der Waals surface area contributed by atoms with Gasteiger partial charge in [0.2, 0.25) is 0 Å². The van der Waals surface area contributed by atoms with Gasteiger partial charge in [0.05, 0.1) is 36.1 Å². The van der Waals surface area contributed by atoms with Crippen LogP contribution in [-0.4, -0.2) is 81.8 Å². The quantitative estimate of drug-likeness (QED) is 0.695. The molecule has 3 N–H and O–H groups in total. The van der Waals surface area contributed by atoms with Crippen molar-refractivity contribution in [1.82, 2.24) is 15.1 Å². The van der Waals surface area contributed by atoms with Crippen molar-refractivity contribution in [3.63, 3.8) is 0 Å². The Balaban J connectivity index is 1.50. The van der Waals surface area contributed by atoms with Crippen LogP contribution in [0.15, 0.2) is 12.1 Å². The van der Waals surface area contributed by atoms with Crippen LogP contribution in [0.25, 0.3) is 0 Å². The van der Waals surface area contributed by atoms with Crippen molar-refractivity contribution in [3.05, 3.63) is 22.7 Å². The third-order valence-electron chi connectivity index (χ3n) is 5.63. The molecule has 8 heteroatoms. The zero-order valence-electron chi connectivity index (χ0n) is 16.7. The monoisotopic (exact) mass is 410 g/mol. The molecule has 1 unspecified atom stereocenters. The molecule has 1 amide bonds. The first-order chi connectivity index (χ1) is 13.5. The average molecular weight is 411 g/mol. The van der Waals surface area contributed by atoms with Crippen LogP contribution >= 0.6 is 11.6 Å². The van der Waals surface area contributed by atoms with Crippen LogP contribution in [0.3, 0.4) is 0 Å². The zero-order valence-corrected chi connectivity index (χ0v) is 17.5. The third-order valence-corrected chi connectivity index (χ3v) is 5.96. The summed E-state index contributed by atoms with van der Waals surface area (Å²) in [6.07, 6.45) is 2.50. The smallest absolute Gasteiger partial charge is 0.255 e. The predicted molar refractivity (Wildman–Crippen MR) is 111 cm³/mol. The lowest BCUT2D eigenvalue weighted by Gasteiger charge is -2.37. The molecule has 0 aromatic heterocycles. The van der Waals surface area contributed by atoms with E-state index in [-0.39, 0.29) is 12.0 Å². The highest BCUT2D eigenvalue weighted by Gasteiger charge is 2.25. The molecule has 0 aliphatic carbocycles. The van der Waals surface area contributed by atoms with Gasteiger partial charge in [0.15, 0.2) is 0 Å². The van der Waals surface area contributed by atoms with Gasteiger partial charge < -0.3 is 25.4 Å². The van der Waals surface area contributed by atoms with E-state index in [0.717, 1.165) is 25.6 Å². The number of hydrogen-bond acceptors (Lipinski definition) is 6. The topological polar surface area (TPSA) is 80.1 Å². The van der Waals surface area contributed by atoms with Crippen LogP contribution in [0.5, 0.6) is 5.75 Å². The van der Waals surface area contributed by atoms with Gasteiger partial charge in [0.1, 0.15) is 5.75 Å². The number of nitrogens with one attached hydrogen (secondary N) is 1. The molecule has 2 aliphatic heterocycles. The van der Waals surface area contributed by atoms with Gasteiger partial charge in [0, 0.05) is 32.2 Å². The lowest BCUT2D eigenvalue weighted by atomic mass is 9.96. The molecule has 0 radical (unpaired) electrons. The van der Waals surface area contributed by atoms with Crippen molar-refractivity contribution >= 4 is 23.2 Å². The van der Waals surface area contributed by atoms with Crippen LogP contribution in [-0.2, 0) is 4.74 Å². The number of likely N-dealkylation sites (tertiary alicyclic amines) is 1. The second-order valence-corrected chi connectivity index (χ2v) is 8.19. The van der Waals surface area contributed by atoms with Crippen LogP contribution in [0.1, 0.15) is 23.2 Å². The normalized spacial score (nSPS) is 22.2. The summed E-state index contributed by atoms with van der Waals surface area (Å²) in [5, 5.41) is 3.28. The molecule has 0 bridgehead atoms. The summed E-state index contributed by atoms with van der Waals surface area (Å²) in [5.41, 5.74) is 6.54. The van der Waals surface area contributed by atoms with Gasteiger partial charge in [-0.05, 0) is 45.0 Å². The van der Waals surface area contributed by atoms with E-state index in [1.165, 1.54) is 33.0 Å². The number of carbonyl (C=O) groups excluding carboxylic acids is 1. The second kappa shape index (κ2) is 9.78. The first-order valence-corrected chi connectivity index (χ1v) is 10.3. The number of carbonyl (C=O) groups is 1. The summed E-state index contributed by atoms with van der Waals surface area (Å²) >= 11 is 6.06. The van der Waals surface area contributed by atoms with E-state index >= 15 is 0 Å². The molecule has 28 heavy (non-hydrogen) atoms. The van der Waals surface area contributed by atoms with E-state index in [1.807, 2.05) is 0 Å². The number of hydrogen-bond donors (Lipinski definition) is 2. The molecular weight excluding hydrogens is 380 g/mol. The third kappa shape index (κ3) is 5.50. The van der Waals surface area contributed by atoms with Gasteiger partial charge in [0.25, 0.3) is 5.91 Å². The van der Waals surface area contributed by atoms with E-state index in [4.69, 9.17) is 26.8 Å². The number of piperidine rings is 1. The van der Waals surface area contributed by atoms with Gasteiger partial charge in [-0.25, -0.2) is 0 Å². The van der Waals surface area contributed by atoms with E-state index < -0.39 is 0 Å². The molecule has 0 saturated carbocycles. The van der Waals surface area contributed by atoms with Crippen molar-refractivity contribution in [2.45, 2.75) is 18.9 Å². The van der Waals surface area contributed by atoms with E-state index in [0.29, 0.717) is 35.2 Å². The predicted octanol–water partition coefficient (Wildman–Crippen LogP) is 1.70. The lowest BCUT2D eigenvalue weighted by Crippen LogP contribution is -2.49. The summed E-state index contributed by atoms with van der Waals surface area (Å²) in [4.78, 5) is 17.5. The summed E-state index contributed by atoms with van der Waals surface area (Å²) in [7, 11) is 3.69. The largest absolute Gasteiger partial charge is 0.496 e. The molecule has 1 aromatic carbocycles. The first kappa shape index (κ1) is 21.2. The molecule has 156 valence electrons. The van der Waals surface area contributed by atoms with E-state index in [1.54, 1.807) is 12.1 Å². The Morgan fingerprint density at radius 3 is 2.82 bits per heavy atom. The fourth-order valence-electron chi connectivity index (χ4n) is 3.90. The van der Waals surface area contributed by atoms with Crippen LogP contribution < -0.4 is 15.8 Å². The number of halogens is 1. The minimum atomic E-state index is -0.241. The van der Waals surface area contributed by atoms with E-state index in [9.17, 15) is 4.79 Å². The molecule has 2 aliphatic rings. The number of methoxy groups -OCH3 is 1. The molecule has 7 nitrogen and oxygen atoms in total. The number of rotatable bonds is 6. The van der Waals surface area contributed by atoms with Crippen molar-refractivity contribution in [3.8, 4) is 5.75 Å². The molecule has 0 spiro atoms. The number of benzene rings is 1. The number of amides is 1. The SMILES string of the molecule is COc1cc(N)c(Cl)cc1C(=O)NCC1CN(CC2CCN(C)CC2)CCO1. The highest BCUT2D eigenvalue weighted by atomic mass is 35.5. The molecule has 3 rings (SSSR count). The molecule has 2 fully saturated rings. The molecule has 1 atom stereocenters. The fourth-order valence-corrected chi connectivity index (χ4v) is 4.06. The second-order valence-electron chi connectivity index (χ2n) is 7.78. The lowest BCUT2D eigenvalue weighted by molar-refractivity contribution is -0.0332. The van der Waals surface area contributed by atoms with Gasteiger partial charge in [-0.15, -0.1) is 0 Å². The molecular formula is C20H31ClN4O3. The summed E-state index contributed by atoms with van der Waals surface area (Å²) < 4.78 is 11.1. The zero-order chi connectivity index (χ0) is 20.1. The Morgan fingerprint density at radius 2 is 2.11 bits per heavy atom. The highest BCUT2D eigenvalue weighted by molar-refractivity contribution is 6.33. The number of ether oxygens (including phenoxy) is 2. The van der Waals surface area contributed by atoms with Crippen LogP contribution in [0.4, 0.5) is 5.69 Å². The number of morpholine rings is 1. The maximum absolute atomic E-state index is 12.6. The summed E-state index contributed by atoms with van der Waals surface area (Å²) in [6.45, 7) is 6.42. The first-order valence-electron chi connectivity index (χ1n) is 9.90. The van der Waals surface area contributed by atoms with Gasteiger partial charge >= 0.3 is 0 Å². The Hall–Kier alpha value is -1.54. The summed E-state index contributed by atoms with van der Waals surface area (Å²) in [5.74, 6) is 0.924. The van der Waals surface area contributed by atoms with Crippen molar-refractivity contribution in [1.29, 1.82) is 0 Å². The maximum Gasteiger partial charge on any atom is 0.255 e. The van der Waals surface area contributed by atoms with Gasteiger partial charge in [-0.3, -0.25) is 9.69 Å². The fraction of sp³-hybridized carbons (Fsp3) is 0.650.